The van der Waals surface area contributed by atoms with Gasteiger partial charge in [0.2, 0.25) is 27.6 Å². The van der Waals surface area contributed by atoms with Crippen LogP contribution in [0.15, 0.2) is 59.1 Å². The largest absolute Gasteiger partial charge is 0.497 e. The Morgan fingerprint density at radius 2 is 1.88 bits per heavy atom. The highest BCUT2D eigenvalue weighted by molar-refractivity contribution is 7.92. The van der Waals surface area contributed by atoms with Crippen LogP contribution in [-0.2, 0) is 21.4 Å². The van der Waals surface area contributed by atoms with Crippen LogP contribution in [0.3, 0.4) is 0 Å². The first kappa shape index (κ1) is 23.3. The molecule has 0 N–H and O–H groups in total. The van der Waals surface area contributed by atoms with Gasteiger partial charge in [0, 0.05) is 31.6 Å². The van der Waals surface area contributed by atoms with Gasteiger partial charge in [-0.15, -0.1) is 0 Å². The first-order valence-corrected chi connectivity index (χ1v) is 11.9. The average Bonchev–Trinajstić information content (AvgIpc) is 3.24. The van der Waals surface area contributed by atoms with Gasteiger partial charge in [0.15, 0.2) is 0 Å². The Kier molecular flexibility index (Phi) is 7.47. The number of benzene rings is 2. The van der Waals surface area contributed by atoms with Gasteiger partial charge in [0.25, 0.3) is 0 Å². The highest BCUT2D eigenvalue weighted by atomic mass is 32.2. The van der Waals surface area contributed by atoms with Crippen LogP contribution in [0.4, 0.5) is 5.69 Å². The van der Waals surface area contributed by atoms with E-state index in [0.717, 1.165) is 11.8 Å². The Balaban J connectivity index is 1.56. The molecular weight excluding hydrogens is 432 g/mol. The predicted octanol–water partition coefficient (Wildman–Crippen LogP) is 2.95. The van der Waals surface area contributed by atoms with E-state index in [1.807, 2.05) is 30.3 Å². The summed E-state index contributed by atoms with van der Waals surface area (Å²) in [6, 6.07) is 16.2. The normalized spacial score (nSPS) is 11.2. The van der Waals surface area contributed by atoms with Crippen LogP contribution < -0.4 is 9.04 Å². The van der Waals surface area contributed by atoms with Gasteiger partial charge in [-0.2, -0.15) is 4.98 Å². The summed E-state index contributed by atoms with van der Waals surface area (Å²) in [4.78, 5) is 18.4. The molecule has 1 amide bonds. The summed E-state index contributed by atoms with van der Waals surface area (Å²) in [6.45, 7) is 0.342. The topological polar surface area (TPSA) is 106 Å². The number of ether oxygens (including phenoxy) is 1. The number of hydrogen-bond donors (Lipinski definition) is 0. The van der Waals surface area contributed by atoms with Crippen LogP contribution in [0.5, 0.6) is 5.75 Å². The van der Waals surface area contributed by atoms with Crippen LogP contribution in [0, 0.1) is 0 Å². The molecule has 10 heteroatoms. The predicted molar refractivity (Wildman–Crippen MR) is 121 cm³/mol. The number of methoxy groups -OCH3 is 1. The van der Waals surface area contributed by atoms with Crippen LogP contribution in [0.1, 0.15) is 18.7 Å². The van der Waals surface area contributed by atoms with Crippen molar-refractivity contribution in [3.05, 3.63) is 60.5 Å². The Labute approximate surface area is 187 Å². The Morgan fingerprint density at radius 3 is 2.56 bits per heavy atom. The lowest BCUT2D eigenvalue weighted by atomic mass is 10.2. The molecular formula is C22H26N4O5S. The van der Waals surface area contributed by atoms with Crippen molar-refractivity contribution in [3.8, 4) is 17.1 Å². The van der Waals surface area contributed by atoms with Crippen LogP contribution >= 0.6 is 0 Å². The minimum Gasteiger partial charge on any atom is -0.497 e. The molecule has 0 aliphatic heterocycles. The summed E-state index contributed by atoms with van der Waals surface area (Å²) in [5, 5.41) is 3.95. The standard InChI is InChI=1S/C22H26N4O5S/c1-25(16-20-23-22(24-31-20)17-9-5-4-6-10-17)21(27)13-8-14-26(32(3,28)29)18-11-7-12-19(15-18)30-2/h4-7,9-12,15H,8,13-14,16H2,1-3H3. The molecule has 0 spiro atoms. The van der Waals surface area contributed by atoms with E-state index in [4.69, 9.17) is 9.26 Å². The van der Waals surface area contributed by atoms with Gasteiger partial charge in [-0.1, -0.05) is 41.6 Å². The van der Waals surface area contributed by atoms with Gasteiger partial charge < -0.3 is 14.2 Å². The molecule has 0 radical (unpaired) electrons. The fourth-order valence-corrected chi connectivity index (χ4v) is 4.09. The highest BCUT2D eigenvalue weighted by Gasteiger charge is 2.19. The molecule has 1 heterocycles. The molecule has 2 aromatic carbocycles. The smallest absolute Gasteiger partial charge is 0.246 e. The molecule has 1 aromatic heterocycles. The van der Waals surface area contributed by atoms with E-state index >= 15 is 0 Å². The van der Waals surface area contributed by atoms with Crippen LogP contribution in [0.2, 0.25) is 0 Å². The zero-order valence-electron chi connectivity index (χ0n) is 18.3. The SMILES string of the molecule is COc1cccc(N(CCCC(=O)N(C)Cc2nc(-c3ccccc3)no2)S(C)(=O)=O)c1. The lowest BCUT2D eigenvalue weighted by molar-refractivity contribution is -0.130. The van der Waals surface area contributed by atoms with Gasteiger partial charge >= 0.3 is 0 Å². The minimum atomic E-state index is -3.51. The van der Waals surface area contributed by atoms with E-state index < -0.39 is 10.0 Å². The number of carbonyl (C=O) groups is 1. The van der Waals surface area contributed by atoms with Gasteiger partial charge in [0.05, 0.1) is 25.6 Å². The van der Waals surface area contributed by atoms with Crippen LogP contribution in [-0.4, -0.2) is 56.3 Å². The van der Waals surface area contributed by atoms with E-state index in [2.05, 4.69) is 10.1 Å². The quantitative estimate of drug-likeness (QED) is 0.460. The molecule has 0 aliphatic rings. The summed E-state index contributed by atoms with van der Waals surface area (Å²) in [5.74, 6) is 1.20. The monoisotopic (exact) mass is 458 g/mol. The number of rotatable bonds is 10. The zero-order chi connectivity index (χ0) is 23.1. The maximum atomic E-state index is 12.5. The van der Waals surface area contributed by atoms with E-state index in [0.29, 0.717) is 29.6 Å². The van der Waals surface area contributed by atoms with Gasteiger partial charge in [0.1, 0.15) is 5.75 Å². The fraction of sp³-hybridized carbons (Fsp3) is 0.318. The van der Waals surface area contributed by atoms with Crippen LogP contribution in [0.25, 0.3) is 11.4 Å². The van der Waals surface area contributed by atoms with Crippen molar-refractivity contribution in [2.45, 2.75) is 19.4 Å². The Hall–Kier alpha value is -3.40. The molecule has 0 saturated carbocycles. The molecule has 0 unspecified atom stereocenters. The Morgan fingerprint density at radius 1 is 1.12 bits per heavy atom. The molecule has 170 valence electrons. The average molecular weight is 459 g/mol. The van der Waals surface area contributed by atoms with Gasteiger partial charge in [-0.3, -0.25) is 9.10 Å². The molecule has 9 nitrogen and oxygen atoms in total. The summed E-state index contributed by atoms with van der Waals surface area (Å²) >= 11 is 0. The van der Waals surface area contributed by atoms with E-state index in [1.54, 1.807) is 31.3 Å². The summed E-state index contributed by atoms with van der Waals surface area (Å²) in [5.41, 5.74) is 1.32. The number of carbonyl (C=O) groups excluding carboxylic acids is 1. The van der Waals surface area contributed by atoms with Crippen molar-refractivity contribution < 1.29 is 22.5 Å². The second-order valence-electron chi connectivity index (χ2n) is 7.27. The zero-order valence-corrected chi connectivity index (χ0v) is 19.1. The maximum Gasteiger partial charge on any atom is 0.246 e. The molecule has 0 saturated heterocycles. The summed E-state index contributed by atoms with van der Waals surface area (Å²) in [6.07, 6.45) is 1.67. The molecule has 0 bridgehead atoms. The Bertz CT molecular complexity index is 1150. The fourth-order valence-electron chi connectivity index (χ4n) is 3.13. The van der Waals surface area contributed by atoms with Crippen molar-refractivity contribution in [1.82, 2.24) is 15.0 Å². The van der Waals surface area contributed by atoms with Crippen molar-refractivity contribution in [3.63, 3.8) is 0 Å². The number of aromatic nitrogens is 2. The summed E-state index contributed by atoms with van der Waals surface area (Å²) < 4.78 is 36.2. The number of nitrogens with zero attached hydrogens (tertiary/aromatic N) is 4. The van der Waals surface area contributed by atoms with E-state index in [1.165, 1.54) is 16.3 Å². The molecule has 0 fully saturated rings. The first-order valence-electron chi connectivity index (χ1n) is 10.0. The first-order chi connectivity index (χ1) is 15.3. The minimum absolute atomic E-state index is 0.149. The third-order valence-corrected chi connectivity index (χ3v) is 5.99. The second-order valence-corrected chi connectivity index (χ2v) is 9.17. The van der Waals surface area contributed by atoms with E-state index in [-0.39, 0.29) is 25.4 Å². The lowest BCUT2D eigenvalue weighted by Gasteiger charge is -2.23. The van der Waals surface area contributed by atoms with Gasteiger partial charge in [-0.05, 0) is 18.6 Å². The summed E-state index contributed by atoms with van der Waals surface area (Å²) in [7, 11) is -0.351. The highest BCUT2D eigenvalue weighted by Crippen LogP contribution is 2.23. The number of sulfonamides is 1. The lowest BCUT2D eigenvalue weighted by Crippen LogP contribution is -2.32. The van der Waals surface area contributed by atoms with Crippen molar-refractivity contribution in [2.75, 3.05) is 31.3 Å². The van der Waals surface area contributed by atoms with Crippen molar-refractivity contribution in [2.24, 2.45) is 0 Å². The van der Waals surface area contributed by atoms with E-state index in [9.17, 15) is 13.2 Å². The third-order valence-electron chi connectivity index (χ3n) is 4.79. The molecule has 0 aliphatic carbocycles. The number of anilines is 1. The molecule has 3 aromatic rings. The van der Waals surface area contributed by atoms with Gasteiger partial charge in [-0.25, -0.2) is 8.42 Å². The molecule has 32 heavy (non-hydrogen) atoms. The van der Waals surface area contributed by atoms with Crippen molar-refractivity contribution >= 4 is 21.6 Å². The third kappa shape index (κ3) is 6.07. The number of amides is 1. The van der Waals surface area contributed by atoms with Crippen molar-refractivity contribution in [1.29, 1.82) is 0 Å². The number of hydrogen-bond acceptors (Lipinski definition) is 7. The maximum absolute atomic E-state index is 12.5. The molecule has 3 rings (SSSR count). The second kappa shape index (κ2) is 10.3. The molecule has 0 atom stereocenters.